The SMILES string of the molecule is CC1(C(=O)O)CCN(C(=O)C2(c3cccc(Br)c3)CCCC2)C1. The maximum absolute atomic E-state index is 13.3. The Morgan fingerprint density at radius 3 is 2.48 bits per heavy atom. The number of rotatable bonds is 3. The van der Waals surface area contributed by atoms with Gasteiger partial charge in [-0.1, -0.05) is 40.9 Å². The highest BCUT2D eigenvalue weighted by Crippen LogP contribution is 2.45. The predicted octanol–water partition coefficient (Wildman–Crippen LogP) is 3.58. The first kappa shape index (κ1) is 16.5. The van der Waals surface area contributed by atoms with Gasteiger partial charge in [-0.2, -0.15) is 0 Å². The molecular weight excluding hydrogens is 358 g/mol. The Morgan fingerprint density at radius 1 is 1.22 bits per heavy atom. The van der Waals surface area contributed by atoms with E-state index in [4.69, 9.17) is 0 Å². The minimum atomic E-state index is -0.813. The van der Waals surface area contributed by atoms with Crippen LogP contribution in [-0.2, 0) is 15.0 Å². The van der Waals surface area contributed by atoms with Crippen molar-refractivity contribution in [1.82, 2.24) is 4.90 Å². The van der Waals surface area contributed by atoms with E-state index in [0.29, 0.717) is 19.5 Å². The number of carboxylic acid groups (broad SMARTS) is 1. The summed E-state index contributed by atoms with van der Waals surface area (Å²) in [6.45, 7) is 2.59. The number of hydrogen-bond acceptors (Lipinski definition) is 2. The summed E-state index contributed by atoms with van der Waals surface area (Å²) in [6, 6.07) is 8.00. The minimum absolute atomic E-state index is 0.109. The Balaban J connectivity index is 1.91. The van der Waals surface area contributed by atoms with E-state index >= 15 is 0 Å². The summed E-state index contributed by atoms with van der Waals surface area (Å²) >= 11 is 3.50. The number of likely N-dealkylation sites (tertiary alicyclic amines) is 1. The van der Waals surface area contributed by atoms with Crippen molar-refractivity contribution < 1.29 is 14.7 Å². The van der Waals surface area contributed by atoms with E-state index in [2.05, 4.69) is 15.9 Å². The van der Waals surface area contributed by atoms with Gasteiger partial charge in [0.1, 0.15) is 0 Å². The first-order valence-electron chi connectivity index (χ1n) is 8.16. The summed E-state index contributed by atoms with van der Waals surface area (Å²) in [6.07, 6.45) is 4.32. The largest absolute Gasteiger partial charge is 0.481 e. The van der Waals surface area contributed by atoms with Crippen LogP contribution in [-0.4, -0.2) is 35.0 Å². The summed E-state index contributed by atoms with van der Waals surface area (Å²) in [4.78, 5) is 26.6. The fourth-order valence-corrected chi connectivity index (χ4v) is 4.40. The highest BCUT2D eigenvalue weighted by atomic mass is 79.9. The number of hydrogen-bond donors (Lipinski definition) is 1. The fourth-order valence-electron chi connectivity index (χ4n) is 4.00. The Labute approximate surface area is 145 Å². The molecule has 1 N–H and O–H groups in total. The number of benzene rings is 1. The van der Waals surface area contributed by atoms with Crippen molar-refractivity contribution in [2.75, 3.05) is 13.1 Å². The second-order valence-corrected chi connectivity index (χ2v) is 8.06. The van der Waals surface area contributed by atoms with E-state index in [1.165, 1.54) is 0 Å². The third-order valence-corrected chi connectivity index (χ3v) is 6.01. The molecule has 3 rings (SSSR count). The lowest BCUT2D eigenvalue weighted by atomic mass is 9.77. The van der Waals surface area contributed by atoms with Gasteiger partial charge in [-0.15, -0.1) is 0 Å². The van der Waals surface area contributed by atoms with Crippen LogP contribution >= 0.6 is 15.9 Å². The van der Waals surface area contributed by atoms with Crippen molar-refractivity contribution in [2.24, 2.45) is 5.41 Å². The lowest BCUT2D eigenvalue weighted by Gasteiger charge is -2.33. The van der Waals surface area contributed by atoms with Crippen LogP contribution in [0.2, 0.25) is 0 Å². The molecule has 1 amide bonds. The predicted molar refractivity (Wildman–Crippen MR) is 91.2 cm³/mol. The van der Waals surface area contributed by atoms with E-state index < -0.39 is 16.8 Å². The number of aliphatic carboxylic acids is 1. The normalized spacial score (nSPS) is 26.4. The summed E-state index contributed by atoms with van der Waals surface area (Å²) in [5, 5.41) is 9.41. The minimum Gasteiger partial charge on any atom is -0.481 e. The van der Waals surface area contributed by atoms with Crippen LogP contribution in [0, 0.1) is 5.41 Å². The van der Waals surface area contributed by atoms with E-state index in [1.807, 2.05) is 24.3 Å². The Morgan fingerprint density at radius 2 is 1.91 bits per heavy atom. The van der Waals surface area contributed by atoms with Gasteiger partial charge in [0.05, 0.1) is 10.8 Å². The molecule has 1 atom stereocenters. The van der Waals surface area contributed by atoms with Crippen LogP contribution in [0.15, 0.2) is 28.7 Å². The first-order chi connectivity index (χ1) is 10.9. The van der Waals surface area contributed by atoms with Gasteiger partial charge in [0.25, 0.3) is 0 Å². The zero-order chi connectivity index (χ0) is 16.7. The van der Waals surface area contributed by atoms with Crippen molar-refractivity contribution in [3.05, 3.63) is 34.3 Å². The zero-order valence-electron chi connectivity index (χ0n) is 13.3. The number of amides is 1. The lowest BCUT2D eigenvalue weighted by molar-refractivity contribution is -0.147. The first-order valence-corrected chi connectivity index (χ1v) is 8.96. The quantitative estimate of drug-likeness (QED) is 0.872. The molecule has 2 aliphatic rings. The maximum atomic E-state index is 13.3. The van der Waals surface area contributed by atoms with Gasteiger partial charge < -0.3 is 10.0 Å². The van der Waals surface area contributed by atoms with Gasteiger partial charge in [0, 0.05) is 17.6 Å². The number of halogens is 1. The van der Waals surface area contributed by atoms with E-state index in [9.17, 15) is 14.7 Å². The third-order valence-electron chi connectivity index (χ3n) is 5.52. The van der Waals surface area contributed by atoms with E-state index in [1.54, 1.807) is 11.8 Å². The van der Waals surface area contributed by atoms with Crippen molar-refractivity contribution in [3.8, 4) is 0 Å². The Hall–Kier alpha value is -1.36. The summed E-state index contributed by atoms with van der Waals surface area (Å²) < 4.78 is 0.978. The molecular formula is C18H22BrNO3. The molecule has 1 aromatic carbocycles. The van der Waals surface area contributed by atoms with Crippen molar-refractivity contribution in [1.29, 1.82) is 0 Å². The molecule has 0 spiro atoms. The van der Waals surface area contributed by atoms with E-state index in [0.717, 1.165) is 35.7 Å². The van der Waals surface area contributed by atoms with Crippen LogP contribution < -0.4 is 0 Å². The van der Waals surface area contributed by atoms with Gasteiger partial charge in [0.2, 0.25) is 5.91 Å². The van der Waals surface area contributed by atoms with Crippen LogP contribution in [0.3, 0.4) is 0 Å². The smallest absolute Gasteiger partial charge is 0.311 e. The van der Waals surface area contributed by atoms with Crippen molar-refractivity contribution in [2.45, 2.75) is 44.4 Å². The van der Waals surface area contributed by atoms with Crippen LogP contribution in [0.1, 0.15) is 44.6 Å². The molecule has 23 heavy (non-hydrogen) atoms. The molecule has 0 aromatic heterocycles. The highest BCUT2D eigenvalue weighted by Gasteiger charge is 2.49. The Bertz CT molecular complexity index is 639. The van der Waals surface area contributed by atoms with Crippen molar-refractivity contribution in [3.63, 3.8) is 0 Å². The molecule has 1 aliphatic carbocycles. The Kier molecular flexibility index (Phi) is 4.25. The summed E-state index contributed by atoms with van der Waals surface area (Å²) in [7, 11) is 0. The van der Waals surface area contributed by atoms with Gasteiger partial charge in [-0.05, 0) is 43.9 Å². The molecule has 1 heterocycles. The number of carboxylic acids is 1. The molecule has 4 nitrogen and oxygen atoms in total. The molecule has 124 valence electrons. The molecule has 1 aromatic rings. The average molecular weight is 380 g/mol. The van der Waals surface area contributed by atoms with Gasteiger partial charge in [0.15, 0.2) is 0 Å². The number of carbonyl (C=O) groups excluding carboxylic acids is 1. The van der Waals surface area contributed by atoms with Crippen LogP contribution in [0.4, 0.5) is 0 Å². The van der Waals surface area contributed by atoms with Crippen molar-refractivity contribution >= 4 is 27.8 Å². The molecule has 1 saturated carbocycles. The summed E-state index contributed by atoms with van der Waals surface area (Å²) in [5.74, 6) is -0.700. The monoisotopic (exact) mass is 379 g/mol. The summed E-state index contributed by atoms with van der Waals surface area (Å²) in [5.41, 5.74) is -0.237. The fraction of sp³-hybridized carbons (Fsp3) is 0.556. The molecule has 1 aliphatic heterocycles. The van der Waals surface area contributed by atoms with Gasteiger partial charge >= 0.3 is 5.97 Å². The van der Waals surface area contributed by atoms with Crippen LogP contribution in [0.5, 0.6) is 0 Å². The van der Waals surface area contributed by atoms with Gasteiger partial charge in [-0.3, -0.25) is 9.59 Å². The second-order valence-electron chi connectivity index (χ2n) is 7.14. The number of nitrogens with zero attached hydrogens (tertiary/aromatic N) is 1. The van der Waals surface area contributed by atoms with E-state index in [-0.39, 0.29) is 5.91 Å². The lowest BCUT2D eigenvalue weighted by Crippen LogP contribution is -2.45. The maximum Gasteiger partial charge on any atom is 0.311 e. The molecule has 0 bridgehead atoms. The van der Waals surface area contributed by atoms with Crippen LogP contribution in [0.25, 0.3) is 0 Å². The average Bonchev–Trinajstić information content (AvgIpc) is 3.15. The molecule has 0 radical (unpaired) electrons. The second kappa shape index (κ2) is 5.93. The topological polar surface area (TPSA) is 57.6 Å². The molecule has 1 saturated heterocycles. The number of carbonyl (C=O) groups is 2. The molecule has 1 unspecified atom stereocenters. The van der Waals surface area contributed by atoms with Gasteiger partial charge in [-0.25, -0.2) is 0 Å². The third kappa shape index (κ3) is 2.80. The molecule has 2 fully saturated rings. The highest BCUT2D eigenvalue weighted by molar-refractivity contribution is 9.10. The molecule has 5 heteroatoms. The standard InChI is InChI=1S/C18H22BrNO3/c1-17(16(22)23)9-10-20(12-17)15(21)18(7-2-3-8-18)13-5-4-6-14(19)11-13/h4-6,11H,2-3,7-10,12H2,1H3,(H,22,23). The zero-order valence-corrected chi connectivity index (χ0v) is 14.9.